The maximum atomic E-state index is 14.3. The number of methoxy groups -OCH3 is 1. The minimum Gasteiger partial charge on any atom is -0.463 e. The monoisotopic (exact) mass is 709 g/mol. The minimum atomic E-state index is -3.69. The summed E-state index contributed by atoms with van der Waals surface area (Å²) in [5.74, 6) is -1.84. The highest BCUT2D eigenvalue weighted by atomic mass is 32.2. The number of benzene rings is 1. The van der Waals surface area contributed by atoms with Gasteiger partial charge in [0.05, 0.1) is 28.2 Å². The predicted octanol–water partition coefficient (Wildman–Crippen LogP) is 3.17. The minimum absolute atomic E-state index is 0.0152. The number of carbonyl (C=O) groups excluding carboxylic acids is 2. The average Bonchev–Trinajstić information content (AvgIpc) is 3.06. The molecule has 4 rings (SSSR count). The van der Waals surface area contributed by atoms with E-state index >= 15 is 0 Å². The van der Waals surface area contributed by atoms with E-state index in [4.69, 9.17) is 18.9 Å². The molecule has 3 aliphatic rings. The van der Waals surface area contributed by atoms with Gasteiger partial charge in [-0.3, -0.25) is 14.5 Å². The molecule has 1 aromatic rings. The molecule has 3 fully saturated rings. The molecule has 0 saturated carbocycles. The third kappa shape index (κ3) is 8.25. The van der Waals surface area contributed by atoms with Crippen molar-refractivity contribution in [2.75, 3.05) is 54.5 Å². The van der Waals surface area contributed by atoms with Crippen LogP contribution in [0.3, 0.4) is 0 Å². The lowest BCUT2D eigenvalue weighted by molar-refractivity contribution is -0.295. The summed E-state index contributed by atoms with van der Waals surface area (Å²) in [7, 11) is 3.69. The zero-order valence-electron chi connectivity index (χ0n) is 31.0. The van der Waals surface area contributed by atoms with Crippen LogP contribution >= 0.6 is 0 Å². The lowest BCUT2D eigenvalue weighted by Gasteiger charge is -2.48. The van der Waals surface area contributed by atoms with E-state index in [9.17, 15) is 23.1 Å². The van der Waals surface area contributed by atoms with Gasteiger partial charge in [0.15, 0.2) is 12.1 Å². The van der Waals surface area contributed by atoms with Crippen molar-refractivity contribution in [3.63, 3.8) is 0 Å². The second-order valence-electron chi connectivity index (χ2n) is 15.6. The van der Waals surface area contributed by atoms with Gasteiger partial charge < -0.3 is 29.0 Å². The molecule has 0 bridgehead atoms. The maximum absolute atomic E-state index is 14.3. The van der Waals surface area contributed by atoms with Crippen molar-refractivity contribution in [1.82, 2.24) is 14.1 Å². The highest BCUT2D eigenvalue weighted by Gasteiger charge is 2.52. The number of Topliss-reactive ketones (excluding diaryl/α,β-unsaturated/α-hetero) is 1. The first-order valence-corrected chi connectivity index (χ1v) is 18.9. The molecule has 1 N–H and O–H groups in total. The van der Waals surface area contributed by atoms with Crippen LogP contribution in [0.5, 0.6) is 0 Å². The molecule has 3 aliphatic heterocycles. The number of sulfonamides is 1. The van der Waals surface area contributed by atoms with Crippen LogP contribution in [0.15, 0.2) is 35.2 Å². The Balaban J connectivity index is 1.66. The van der Waals surface area contributed by atoms with Gasteiger partial charge in [-0.2, -0.15) is 4.31 Å². The fourth-order valence-electron chi connectivity index (χ4n) is 8.03. The number of esters is 1. The van der Waals surface area contributed by atoms with Crippen LogP contribution in [0.1, 0.15) is 67.2 Å². The number of ketones is 1. The first kappa shape index (κ1) is 39.8. The van der Waals surface area contributed by atoms with Gasteiger partial charge in [0.25, 0.3) is 0 Å². The van der Waals surface area contributed by atoms with Gasteiger partial charge in [0, 0.05) is 38.7 Å². The number of carbonyl (C=O) groups is 2. The Kier molecular flexibility index (Phi) is 12.5. The Bertz CT molecular complexity index is 1400. The molecule has 3 heterocycles. The molecule has 278 valence electrons. The highest BCUT2D eigenvalue weighted by molar-refractivity contribution is 7.89. The zero-order valence-corrected chi connectivity index (χ0v) is 31.9. The SMILES string of the molecule is CO[C@]1(C)C[C@@H](C)CN(C)C2(CCN(S(=O)(=O)c3ccccc3)CC2)COC(=O)C(C)(C)C(=O)[C@H](C)[C@H]1O[C@@H]1O[C@H](C)C[C@H](N(C)C)[C@H]1O. The summed E-state index contributed by atoms with van der Waals surface area (Å²) < 4.78 is 53.4. The lowest BCUT2D eigenvalue weighted by atomic mass is 9.74. The van der Waals surface area contributed by atoms with Crippen LogP contribution in [0.25, 0.3) is 0 Å². The lowest BCUT2D eigenvalue weighted by Crippen LogP contribution is -2.59. The van der Waals surface area contributed by atoms with Crippen LogP contribution < -0.4 is 0 Å². The third-order valence-electron chi connectivity index (χ3n) is 11.3. The second-order valence-corrected chi connectivity index (χ2v) is 17.6. The van der Waals surface area contributed by atoms with E-state index in [1.807, 2.05) is 39.9 Å². The standard InChI is InChI=1S/C36H59N3O9S/c1-24-21-35(6,45-10)31(48-32-29(40)28(37(7)8)20-25(2)47-32)26(3)30(41)34(4,5)33(42)46-23-36(38(9)22-24)16-18-39(19-17-36)49(43,44)27-14-12-11-13-15-27/h11-15,24-26,28-29,31-32,40H,16-23H2,1-10H3/t24-,25-,26+,28+,29-,31-,32+,35-/m1/s1. The quantitative estimate of drug-likeness (QED) is 0.345. The van der Waals surface area contributed by atoms with Gasteiger partial charge in [0.1, 0.15) is 18.1 Å². The zero-order chi connectivity index (χ0) is 36.5. The maximum Gasteiger partial charge on any atom is 0.319 e. The van der Waals surface area contributed by atoms with E-state index in [2.05, 4.69) is 11.8 Å². The van der Waals surface area contributed by atoms with Gasteiger partial charge in [-0.15, -0.1) is 0 Å². The Morgan fingerprint density at radius 3 is 2.20 bits per heavy atom. The van der Waals surface area contributed by atoms with Gasteiger partial charge >= 0.3 is 5.97 Å². The molecule has 3 saturated heterocycles. The van der Waals surface area contributed by atoms with Crippen molar-refractivity contribution in [3.05, 3.63) is 30.3 Å². The van der Waals surface area contributed by atoms with E-state index in [0.29, 0.717) is 32.2 Å². The number of hydrogen-bond donors (Lipinski definition) is 1. The summed E-state index contributed by atoms with van der Waals surface area (Å²) in [6, 6.07) is 8.18. The first-order valence-electron chi connectivity index (χ1n) is 17.5. The molecule has 0 radical (unpaired) electrons. The van der Waals surface area contributed by atoms with E-state index in [1.54, 1.807) is 58.2 Å². The summed E-state index contributed by atoms with van der Waals surface area (Å²) in [6.07, 6.45) is -1.07. The Morgan fingerprint density at radius 2 is 1.63 bits per heavy atom. The molecule has 8 atom stereocenters. The van der Waals surface area contributed by atoms with Crippen LogP contribution in [0.4, 0.5) is 0 Å². The first-order chi connectivity index (χ1) is 22.8. The number of aliphatic hydroxyl groups excluding tert-OH is 1. The summed E-state index contributed by atoms with van der Waals surface area (Å²) in [5.41, 5.74) is -3.19. The number of rotatable bonds is 6. The van der Waals surface area contributed by atoms with E-state index in [0.717, 1.165) is 0 Å². The van der Waals surface area contributed by atoms with Gasteiger partial charge in [-0.05, 0) is 92.6 Å². The largest absolute Gasteiger partial charge is 0.463 e. The molecular weight excluding hydrogens is 650 g/mol. The van der Waals surface area contributed by atoms with Crippen LogP contribution in [-0.4, -0.2) is 136 Å². The third-order valence-corrected chi connectivity index (χ3v) is 13.2. The van der Waals surface area contributed by atoms with Gasteiger partial charge in [-0.25, -0.2) is 8.42 Å². The van der Waals surface area contributed by atoms with Crippen molar-refractivity contribution >= 4 is 21.8 Å². The summed E-state index contributed by atoms with van der Waals surface area (Å²) in [6.45, 7) is 11.9. The number of ether oxygens (including phenoxy) is 4. The van der Waals surface area contributed by atoms with Crippen molar-refractivity contribution in [2.24, 2.45) is 17.3 Å². The molecule has 0 aromatic heterocycles. The van der Waals surface area contributed by atoms with Crippen molar-refractivity contribution in [2.45, 2.75) is 114 Å². The van der Waals surface area contributed by atoms with E-state index < -0.39 is 57.0 Å². The number of aliphatic hydroxyl groups is 1. The van der Waals surface area contributed by atoms with E-state index in [-0.39, 0.29) is 48.4 Å². The molecule has 1 spiro atoms. The van der Waals surface area contributed by atoms with Crippen LogP contribution in [0, 0.1) is 17.3 Å². The van der Waals surface area contributed by atoms with Crippen LogP contribution in [0.2, 0.25) is 0 Å². The molecule has 0 amide bonds. The molecule has 12 nitrogen and oxygen atoms in total. The smallest absolute Gasteiger partial charge is 0.319 e. The number of piperidine rings is 1. The van der Waals surface area contributed by atoms with Crippen molar-refractivity contribution in [3.8, 4) is 0 Å². The Labute approximate surface area is 293 Å². The molecule has 0 aliphatic carbocycles. The van der Waals surface area contributed by atoms with Crippen LogP contribution in [-0.2, 0) is 38.6 Å². The fourth-order valence-corrected chi connectivity index (χ4v) is 9.49. The second kappa shape index (κ2) is 15.3. The highest BCUT2D eigenvalue weighted by Crippen LogP contribution is 2.40. The topological polar surface area (TPSA) is 135 Å². The van der Waals surface area contributed by atoms with E-state index in [1.165, 1.54) is 4.31 Å². The molecule has 49 heavy (non-hydrogen) atoms. The molecule has 1 aromatic carbocycles. The van der Waals surface area contributed by atoms with Crippen molar-refractivity contribution in [1.29, 1.82) is 0 Å². The summed E-state index contributed by atoms with van der Waals surface area (Å²) in [5, 5.41) is 11.4. The Hall–Kier alpha value is -1.97. The fraction of sp³-hybridized carbons (Fsp3) is 0.778. The van der Waals surface area contributed by atoms with Crippen molar-refractivity contribution < 1.29 is 42.1 Å². The number of nitrogens with zero attached hydrogens (tertiary/aromatic N) is 3. The summed E-state index contributed by atoms with van der Waals surface area (Å²) in [4.78, 5) is 32.5. The molecular formula is C36H59N3O9S. The number of likely N-dealkylation sites (N-methyl/N-ethyl adjacent to an activating group) is 2. The van der Waals surface area contributed by atoms with Gasteiger partial charge in [0.2, 0.25) is 10.0 Å². The predicted molar refractivity (Wildman–Crippen MR) is 185 cm³/mol. The molecule has 0 unspecified atom stereocenters. The number of hydrogen-bond acceptors (Lipinski definition) is 11. The Morgan fingerprint density at radius 1 is 1.02 bits per heavy atom. The average molecular weight is 710 g/mol. The normalized spacial score (nSPS) is 35.7. The molecule has 13 heteroatoms. The van der Waals surface area contributed by atoms with Gasteiger partial charge in [-0.1, -0.05) is 32.0 Å². The summed E-state index contributed by atoms with van der Waals surface area (Å²) >= 11 is 0. The number of cyclic esters (lactones) is 1.